The second kappa shape index (κ2) is 4.86. The Bertz CT molecular complexity index is 427. The lowest BCUT2D eigenvalue weighted by Crippen LogP contribution is -2.51. The number of anilines is 1. The zero-order valence-corrected chi connectivity index (χ0v) is 9.84. The van der Waals surface area contributed by atoms with Crippen molar-refractivity contribution in [1.82, 2.24) is 10.7 Å². The molecule has 0 saturated carbocycles. The van der Waals surface area contributed by atoms with Gasteiger partial charge in [0.25, 0.3) is 0 Å². The number of hydrazone groups is 1. The maximum Gasteiger partial charge on any atom is 0.210 e. The third kappa shape index (κ3) is 2.55. The summed E-state index contributed by atoms with van der Waals surface area (Å²) in [5, 5.41) is 7.35. The van der Waals surface area contributed by atoms with Crippen LogP contribution < -0.4 is 10.4 Å². The topological polar surface area (TPSA) is 30.9 Å². The van der Waals surface area contributed by atoms with Crippen molar-refractivity contribution >= 4 is 11.9 Å². The molecule has 1 aliphatic rings. The van der Waals surface area contributed by atoms with Crippen molar-refractivity contribution in [2.24, 2.45) is 5.10 Å². The molecule has 1 aromatic rings. The zero-order valence-electron chi connectivity index (χ0n) is 9.84. The van der Waals surface area contributed by atoms with Gasteiger partial charge in [0.1, 0.15) is 0 Å². The molecular formula is C12H15FN4. The Labute approximate surface area is 100.0 Å². The molecule has 4 nitrogen and oxygen atoms in total. The van der Waals surface area contributed by atoms with Crippen molar-refractivity contribution in [1.29, 1.82) is 0 Å². The van der Waals surface area contributed by atoms with Gasteiger partial charge in [-0.25, -0.2) is 10.4 Å². The van der Waals surface area contributed by atoms with Crippen LogP contribution in [-0.2, 0) is 0 Å². The van der Waals surface area contributed by atoms with Gasteiger partial charge >= 0.3 is 0 Å². The van der Waals surface area contributed by atoms with Gasteiger partial charge in [0, 0.05) is 12.1 Å². The van der Waals surface area contributed by atoms with Crippen LogP contribution in [0.4, 0.5) is 10.1 Å². The molecule has 17 heavy (non-hydrogen) atoms. The average Bonchev–Trinajstić information content (AvgIpc) is 2.30. The first-order valence-electron chi connectivity index (χ1n) is 5.49. The molecule has 0 spiro atoms. The summed E-state index contributed by atoms with van der Waals surface area (Å²) in [4.78, 5) is 0. The van der Waals surface area contributed by atoms with Gasteiger partial charge in [-0.05, 0) is 26.0 Å². The normalized spacial score (nSPS) is 14.6. The summed E-state index contributed by atoms with van der Waals surface area (Å²) >= 11 is 0. The minimum Gasteiger partial charge on any atom is -0.248 e. The quantitative estimate of drug-likeness (QED) is 0.815. The number of halogens is 1. The van der Waals surface area contributed by atoms with Gasteiger partial charge in [-0.1, -0.05) is 18.2 Å². The molecule has 1 N–H and O–H groups in total. The van der Waals surface area contributed by atoms with Crippen LogP contribution in [0.3, 0.4) is 0 Å². The second-order valence-electron chi connectivity index (χ2n) is 3.95. The highest BCUT2D eigenvalue weighted by Gasteiger charge is 2.19. The monoisotopic (exact) mass is 234 g/mol. The molecule has 0 atom stereocenters. The van der Waals surface area contributed by atoms with E-state index in [9.17, 15) is 4.39 Å². The van der Waals surface area contributed by atoms with Crippen LogP contribution in [0.25, 0.3) is 0 Å². The van der Waals surface area contributed by atoms with Gasteiger partial charge in [0.05, 0.1) is 11.9 Å². The number of benzene rings is 1. The third-order valence-corrected chi connectivity index (χ3v) is 2.32. The highest BCUT2D eigenvalue weighted by molar-refractivity contribution is 5.72. The van der Waals surface area contributed by atoms with Crippen molar-refractivity contribution in [2.45, 2.75) is 19.9 Å². The molecule has 1 heterocycles. The number of hydrazine groups is 2. The molecule has 0 radical (unpaired) electrons. The molecule has 5 heteroatoms. The highest BCUT2D eigenvalue weighted by Crippen LogP contribution is 2.19. The van der Waals surface area contributed by atoms with Crippen LogP contribution in [0.2, 0.25) is 0 Å². The van der Waals surface area contributed by atoms with Crippen LogP contribution in [0.5, 0.6) is 0 Å². The maximum absolute atomic E-state index is 13.2. The van der Waals surface area contributed by atoms with E-state index in [1.165, 1.54) is 17.5 Å². The van der Waals surface area contributed by atoms with E-state index in [1.54, 1.807) is 0 Å². The smallest absolute Gasteiger partial charge is 0.210 e. The van der Waals surface area contributed by atoms with Crippen LogP contribution >= 0.6 is 0 Å². The summed E-state index contributed by atoms with van der Waals surface area (Å²) in [5.74, 6) is -0.429. The van der Waals surface area contributed by atoms with Gasteiger partial charge in [0.2, 0.25) is 5.95 Å². The number of nitrogens with one attached hydrogen (secondary N) is 1. The third-order valence-electron chi connectivity index (χ3n) is 2.32. The second-order valence-corrected chi connectivity index (χ2v) is 3.95. The van der Waals surface area contributed by atoms with E-state index in [2.05, 4.69) is 10.5 Å². The predicted octanol–water partition coefficient (Wildman–Crippen LogP) is 2.43. The Morgan fingerprint density at radius 3 is 2.59 bits per heavy atom. The van der Waals surface area contributed by atoms with Gasteiger partial charge < -0.3 is 0 Å². The van der Waals surface area contributed by atoms with E-state index in [4.69, 9.17) is 0 Å². The fourth-order valence-electron chi connectivity index (χ4n) is 1.64. The number of allylic oxidation sites excluding steroid dienone is 1. The van der Waals surface area contributed by atoms with Gasteiger partial charge in [-0.3, -0.25) is 0 Å². The predicted molar refractivity (Wildman–Crippen MR) is 66.7 cm³/mol. The average molecular weight is 234 g/mol. The molecule has 1 aromatic carbocycles. The standard InChI is InChI=1S/C12H15FN4/c1-10(2)16(11-6-4-3-5-7-11)17-14-9-8-12(13)15-17/h3-10,15H,1-2H3. The fourth-order valence-corrected chi connectivity index (χ4v) is 1.64. The minimum absolute atomic E-state index is 0.146. The van der Waals surface area contributed by atoms with Gasteiger partial charge in [-0.2, -0.15) is 4.39 Å². The molecule has 1 aliphatic heterocycles. The highest BCUT2D eigenvalue weighted by atomic mass is 19.1. The van der Waals surface area contributed by atoms with Crippen molar-refractivity contribution in [2.75, 3.05) is 5.01 Å². The number of para-hydroxylation sites is 1. The maximum atomic E-state index is 13.2. The zero-order chi connectivity index (χ0) is 12.3. The Hall–Kier alpha value is -2.04. The summed E-state index contributed by atoms with van der Waals surface area (Å²) in [6.07, 6.45) is 2.70. The van der Waals surface area contributed by atoms with Crippen molar-refractivity contribution < 1.29 is 4.39 Å². The molecule has 0 aliphatic carbocycles. The van der Waals surface area contributed by atoms with Crippen molar-refractivity contribution in [3.8, 4) is 0 Å². The van der Waals surface area contributed by atoms with E-state index in [-0.39, 0.29) is 6.04 Å². The van der Waals surface area contributed by atoms with E-state index >= 15 is 0 Å². The number of hydrogen-bond acceptors (Lipinski definition) is 4. The largest absolute Gasteiger partial charge is 0.248 e. The van der Waals surface area contributed by atoms with E-state index in [0.717, 1.165) is 5.69 Å². The number of hydrogen-bond donors (Lipinski definition) is 1. The first kappa shape index (κ1) is 11.4. The van der Waals surface area contributed by atoms with E-state index < -0.39 is 5.95 Å². The summed E-state index contributed by atoms with van der Waals surface area (Å²) in [6.45, 7) is 4.03. The van der Waals surface area contributed by atoms with E-state index in [0.29, 0.717) is 0 Å². The summed E-state index contributed by atoms with van der Waals surface area (Å²) < 4.78 is 13.2. The summed E-state index contributed by atoms with van der Waals surface area (Å²) in [5.41, 5.74) is 3.50. The number of rotatable bonds is 3. The molecule has 0 saturated heterocycles. The molecule has 2 rings (SSSR count). The number of nitrogens with zero attached hydrogens (tertiary/aromatic N) is 3. The van der Waals surface area contributed by atoms with Gasteiger partial charge in [0.15, 0.2) is 0 Å². The van der Waals surface area contributed by atoms with Gasteiger partial charge in [-0.15, -0.1) is 10.3 Å². The van der Waals surface area contributed by atoms with Crippen LogP contribution in [-0.4, -0.2) is 17.5 Å². The lowest BCUT2D eigenvalue weighted by molar-refractivity contribution is 0.161. The molecular weight excluding hydrogens is 219 g/mol. The van der Waals surface area contributed by atoms with Crippen LogP contribution in [0.1, 0.15) is 13.8 Å². The lowest BCUT2D eigenvalue weighted by Gasteiger charge is -2.37. The molecule has 0 unspecified atom stereocenters. The Kier molecular flexibility index (Phi) is 3.27. The SMILES string of the molecule is CC(C)N(c1ccccc1)N1N=CC=C(F)N1. The van der Waals surface area contributed by atoms with Crippen molar-refractivity contribution in [3.63, 3.8) is 0 Å². The lowest BCUT2D eigenvalue weighted by atomic mass is 10.3. The minimum atomic E-state index is -0.429. The molecule has 0 fully saturated rings. The Morgan fingerprint density at radius 2 is 2.00 bits per heavy atom. The Morgan fingerprint density at radius 1 is 1.29 bits per heavy atom. The Balaban J connectivity index is 2.25. The van der Waals surface area contributed by atoms with Crippen LogP contribution in [0.15, 0.2) is 47.5 Å². The first-order chi connectivity index (χ1) is 8.18. The fraction of sp³-hybridized carbons (Fsp3) is 0.250. The van der Waals surface area contributed by atoms with E-state index in [1.807, 2.05) is 49.2 Å². The molecule has 0 amide bonds. The molecule has 0 aromatic heterocycles. The molecule has 90 valence electrons. The first-order valence-corrected chi connectivity index (χ1v) is 5.49. The summed E-state index contributed by atoms with van der Waals surface area (Å²) in [7, 11) is 0. The van der Waals surface area contributed by atoms with Crippen LogP contribution in [0, 0.1) is 0 Å². The summed E-state index contributed by atoms with van der Waals surface area (Å²) in [6, 6.07) is 9.86. The molecule has 0 bridgehead atoms. The van der Waals surface area contributed by atoms with Crippen molar-refractivity contribution in [3.05, 3.63) is 42.4 Å².